The second kappa shape index (κ2) is 9.61. The molecule has 1 heterocycles. The Hall–Kier alpha value is -3.08. The Bertz CT molecular complexity index is 1010. The number of carbonyl (C=O) groups is 2. The molecule has 30 heavy (non-hydrogen) atoms. The van der Waals surface area contributed by atoms with Crippen LogP contribution in [0.25, 0.3) is 10.9 Å². The molecular formula is C25H30N2O3. The molecule has 0 fully saturated rings. The molecule has 0 radical (unpaired) electrons. The lowest BCUT2D eigenvalue weighted by Gasteiger charge is -2.20. The van der Waals surface area contributed by atoms with Gasteiger partial charge in [0.05, 0.1) is 0 Å². The molecule has 0 aliphatic rings. The minimum absolute atomic E-state index is 0.231. The van der Waals surface area contributed by atoms with Crippen LogP contribution in [0.1, 0.15) is 62.6 Å². The number of esters is 1. The first kappa shape index (κ1) is 21.6. The number of aromatic nitrogens is 1. The highest BCUT2D eigenvalue weighted by Crippen LogP contribution is 2.32. The number of aromatic amines is 1. The Morgan fingerprint density at radius 2 is 1.63 bits per heavy atom. The monoisotopic (exact) mass is 406 g/mol. The van der Waals surface area contributed by atoms with Gasteiger partial charge in [-0.15, -0.1) is 0 Å². The topological polar surface area (TPSA) is 71.2 Å². The smallest absolute Gasteiger partial charge is 0.306 e. The number of aryl methyl sites for hydroxylation is 1. The number of para-hydroxylation sites is 2. The zero-order valence-electron chi connectivity index (χ0n) is 18.1. The van der Waals surface area contributed by atoms with Crippen molar-refractivity contribution in [1.82, 2.24) is 4.98 Å². The molecule has 0 spiro atoms. The van der Waals surface area contributed by atoms with Gasteiger partial charge >= 0.3 is 5.97 Å². The maximum Gasteiger partial charge on any atom is 0.306 e. The Morgan fingerprint density at radius 3 is 2.30 bits per heavy atom. The number of carbonyl (C=O) groups excluding carboxylic acids is 2. The molecular weight excluding hydrogens is 376 g/mol. The minimum atomic E-state index is -0.378. The van der Waals surface area contributed by atoms with Gasteiger partial charge in [-0.3, -0.25) is 9.59 Å². The van der Waals surface area contributed by atoms with Crippen LogP contribution in [0.5, 0.6) is 0 Å². The Kier molecular flexibility index (Phi) is 6.93. The molecule has 3 aromatic rings. The molecule has 0 aliphatic carbocycles. The van der Waals surface area contributed by atoms with Gasteiger partial charge in [0, 0.05) is 29.2 Å². The number of ether oxygens (including phenoxy) is 1. The zero-order valence-corrected chi connectivity index (χ0v) is 18.1. The first-order valence-electron chi connectivity index (χ1n) is 10.5. The average molecular weight is 407 g/mol. The van der Waals surface area contributed by atoms with Crippen molar-refractivity contribution < 1.29 is 14.3 Å². The Balaban J connectivity index is 1.56. The van der Waals surface area contributed by atoms with Crippen LogP contribution >= 0.6 is 0 Å². The number of fused-ring (bicyclic) bond motifs is 1. The molecule has 0 atom stereocenters. The second-order valence-electron chi connectivity index (χ2n) is 8.19. The van der Waals surface area contributed by atoms with Crippen molar-refractivity contribution >= 4 is 28.5 Å². The number of anilines is 1. The highest BCUT2D eigenvalue weighted by Gasteiger charge is 2.17. The van der Waals surface area contributed by atoms with Gasteiger partial charge < -0.3 is 15.0 Å². The van der Waals surface area contributed by atoms with E-state index in [-0.39, 0.29) is 36.7 Å². The highest BCUT2D eigenvalue weighted by atomic mass is 16.5. The maximum absolute atomic E-state index is 12.5. The normalized spacial score (nSPS) is 11.3. The van der Waals surface area contributed by atoms with Gasteiger partial charge in [0.1, 0.15) is 0 Å². The van der Waals surface area contributed by atoms with Crippen molar-refractivity contribution in [1.29, 1.82) is 0 Å². The summed E-state index contributed by atoms with van der Waals surface area (Å²) in [7, 11) is 0. The van der Waals surface area contributed by atoms with Crippen LogP contribution in [0.4, 0.5) is 5.69 Å². The molecule has 0 saturated carbocycles. The summed E-state index contributed by atoms with van der Waals surface area (Å²) in [5.74, 6) is -0.141. The van der Waals surface area contributed by atoms with Crippen LogP contribution in [0.3, 0.4) is 0 Å². The third-order valence-corrected chi connectivity index (χ3v) is 5.27. The van der Waals surface area contributed by atoms with Gasteiger partial charge in [-0.2, -0.15) is 0 Å². The fraction of sp³-hybridized carbons (Fsp3) is 0.360. The van der Waals surface area contributed by atoms with E-state index in [0.717, 1.165) is 33.3 Å². The summed E-state index contributed by atoms with van der Waals surface area (Å²) in [5.41, 5.74) is 5.12. The first-order chi connectivity index (χ1) is 14.4. The molecule has 0 saturated heterocycles. The van der Waals surface area contributed by atoms with E-state index >= 15 is 0 Å². The summed E-state index contributed by atoms with van der Waals surface area (Å²) in [6.07, 6.45) is 2.72. The van der Waals surface area contributed by atoms with Crippen LogP contribution in [0.2, 0.25) is 0 Å². The minimum Gasteiger partial charge on any atom is -0.456 e. The van der Waals surface area contributed by atoms with Gasteiger partial charge in [-0.1, -0.05) is 64.1 Å². The predicted molar refractivity (Wildman–Crippen MR) is 121 cm³/mol. The van der Waals surface area contributed by atoms with Gasteiger partial charge in [-0.05, 0) is 41.0 Å². The van der Waals surface area contributed by atoms with Crippen LogP contribution in [0.15, 0.2) is 48.7 Å². The molecule has 158 valence electrons. The van der Waals surface area contributed by atoms with Crippen LogP contribution < -0.4 is 5.32 Å². The van der Waals surface area contributed by atoms with Gasteiger partial charge in [0.15, 0.2) is 6.61 Å². The molecule has 0 bridgehead atoms. The number of hydrogen-bond acceptors (Lipinski definition) is 3. The molecule has 5 nitrogen and oxygen atoms in total. The number of H-pyrrole nitrogens is 1. The summed E-state index contributed by atoms with van der Waals surface area (Å²) < 4.78 is 5.23. The second-order valence-corrected chi connectivity index (χ2v) is 8.19. The summed E-state index contributed by atoms with van der Waals surface area (Å²) >= 11 is 0. The van der Waals surface area contributed by atoms with Crippen molar-refractivity contribution in [3.05, 3.63) is 65.4 Å². The maximum atomic E-state index is 12.5. The number of rotatable bonds is 8. The molecule has 0 unspecified atom stereocenters. The molecule has 3 rings (SSSR count). The molecule has 5 heteroatoms. The lowest BCUT2D eigenvalue weighted by atomic mass is 9.92. The largest absolute Gasteiger partial charge is 0.456 e. The molecule has 1 amide bonds. The summed E-state index contributed by atoms with van der Waals surface area (Å²) in [5, 5.41) is 4.08. The van der Waals surface area contributed by atoms with Crippen LogP contribution in [-0.2, 0) is 20.7 Å². The standard InChI is InChI=1S/C25H30N2O3/c1-16(2)19-9-7-10-20(17(3)4)25(19)27-23(28)15-30-24(29)13-12-18-14-26-22-11-6-5-8-21(18)22/h5-11,14,16-17,26H,12-13,15H2,1-4H3,(H,27,28). The lowest BCUT2D eigenvalue weighted by molar-refractivity contribution is -0.147. The van der Waals surface area contributed by atoms with E-state index in [1.807, 2.05) is 48.7 Å². The van der Waals surface area contributed by atoms with E-state index in [4.69, 9.17) is 4.74 Å². The van der Waals surface area contributed by atoms with E-state index in [9.17, 15) is 9.59 Å². The lowest BCUT2D eigenvalue weighted by Crippen LogP contribution is -2.22. The average Bonchev–Trinajstić information content (AvgIpc) is 3.13. The third-order valence-electron chi connectivity index (χ3n) is 5.27. The van der Waals surface area contributed by atoms with Crippen LogP contribution in [0, 0.1) is 0 Å². The Labute approximate surface area is 177 Å². The van der Waals surface area contributed by atoms with Crippen LogP contribution in [-0.4, -0.2) is 23.5 Å². The van der Waals surface area contributed by atoms with Crippen molar-refractivity contribution in [3.63, 3.8) is 0 Å². The molecule has 1 aromatic heterocycles. The Morgan fingerprint density at radius 1 is 0.967 bits per heavy atom. The number of benzene rings is 2. The SMILES string of the molecule is CC(C)c1cccc(C(C)C)c1NC(=O)COC(=O)CCc1c[nH]c2ccccc12. The molecule has 2 aromatic carbocycles. The van der Waals surface area contributed by atoms with Crippen molar-refractivity contribution in [3.8, 4) is 0 Å². The number of amides is 1. The van der Waals surface area contributed by atoms with E-state index in [1.54, 1.807) is 0 Å². The molecule has 0 aliphatic heterocycles. The van der Waals surface area contributed by atoms with E-state index in [2.05, 4.69) is 38.0 Å². The zero-order chi connectivity index (χ0) is 21.7. The number of nitrogens with one attached hydrogen (secondary N) is 2. The van der Waals surface area contributed by atoms with Gasteiger partial charge in [-0.25, -0.2) is 0 Å². The number of hydrogen-bond donors (Lipinski definition) is 2. The predicted octanol–water partition coefficient (Wildman–Crippen LogP) is 5.53. The summed E-state index contributed by atoms with van der Waals surface area (Å²) in [6.45, 7) is 8.11. The van der Waals surface area contributed by atoms with Crippen molar-refractivity contribution in [2.45, 2.75) is 52.4 Å². The molecule has 2 N–H and O–H groups in total. The third kappa shape index (κ3) is 5.09. The first-order valence-corrected chi connectivity index (χ1v) is 10.5. The van der Waals surface area contributed by atoms with Gasteiger partial charge in [0.2, 0.25) is 0 Å². The quantitative estimate of drug-likeness (QED) is 0.483. The van der Waals surface area contributed by atoms with Crippen molar-refractivity contribution in [2.75, 3.05) is 11.9 Å². The fourth-order valence-electron chi connectivity index (χ4n) is 3.66. The summed E-state index contributed by atoms with van der Waals surface area (Å²) in [4.78, 5) is 27.9. The van der Waals surface area contributed by atoms with E-state index in [0.29, 0.717) is 6.42 Å². The van der Waals surface area contributed by atoms with Gasteiger partial charge in [0.25, 0.3) is 5.91 Å². The highest BCUT2D eigenvalue weighted by molar-refractivity contribution is 5.94. The summed E-state index contributed by atoms with van der Waals surface area (Å²) in [6, 6.07) is 14.0. The van der Waals surface area contributed by atoms with Crippen molar-refractivity contribution in [2.24, 2.45) is 0 Å². The van der Waals surface area contributed by atoms with E-state index in [1.165, 1.54) is 0 Å². The fourth-order valence-corrected chi connectivity index (χ4v) is 3.66. The van der Waals surface area contributed by atoms with E-state index < -0.39 is 0 Å².